The van der Waals surface area contributed by atoms with E-state index in [2.05, 4.69) is 15.6 Å². The maximum Gasteiger partial charge on any atom is 0.165 e. The first-order valence-corrected chi connectivity index (χ1v) is 6.86. The summed E-state index contributed by atoms with van der Waals surface area (Å²) in [4.78, 5) is 0. The van der Waals surface area contributed by atoms with Gasteiger partial charge in [0, 0.05) is 19.3 Å². The zero-order chi connectivity index (χ0) is 14.9. The Morgan fingerprint density at radius 3 is 3.00 bits per heavy atom. The summed E-state index contributed by atoms with van der Waals surface area (Å²) < 4.78 is 20.3. The van der Waals surface area contributed by atoms with Gasteiger partial charge in [0.1, 0.15) is 12.7 Å². The molecule has 2 rings (SSSR count). The van der Waals surface area contributed by atoms with Crippen LogP contribution in [0.5, 0.6) is 5.75 Å². The first-order chi connectivity index (χ1) is 10.3. The number of para-hydroxylation sites is 1. The average molecular weight is 294 g/mol. The van der Waals surface area contributed by atoms with Crippen molar-refractivity contribution in [3.8, 4) is 5.75 Å². The maximum absolute atomic E-state index is 13.3. The molecule has 1 unspecified atom stereocenters. The molecular weight excluding hydrogens is 275 g/mol. The number of nitrogens with zero attached hydrogens (tertiary/aromatic N) is 3. The van der Waals surface area contributed by atoms with E-state index in [1.807, 2.05) is 0 Å². The van der Waals surface area contributed by atoms with Gasteiger partial charge in [0.25, 0.3) is 0 Å². The summed E-state index contributed by atoms with van der Waals surface area (Å²) in [6.07, 6.45) is 3.63. The van der Waals surface area contributed by atoms with E-state index >= 15 is 0 Å². The molecule has 1 aromatic carbocycles. The van der Waals surface area contributed by atoms with Crippen molar-refractivity contribution < 1.29 is 14.2 Å². The summed E-state index contributed by atoms with van der Waals surface area (Å²) in [6, 6.07) is 6.14. The predicted octanol–water partition coefficient (Wildman–Crippen LogP) is 0.837. The smallest absolute Gasteiger partial charge is 0.165 e. The highest BCUT2D eigenvalue weighted by atomic mass is 19.1. The van der Waals surface area contributed by atoms with Crippen molar-refractivity contribution in [2.45, 2.75) is 19.1 Å². The summed E-state index contributed by atoms with van der Waals surface area (Å²) in [6.45, 7) is 1.97. The Labute approximate surface area is 122 Å². The molecule has 1 heterocycles. The number of halogens is 1. The second-order valence-corrected chi connectivity index (χ2v) is 4.62. The molecule has 21 heavy (non-hydrogen) atoms. The third kappa shape index (κ3) is 5.49. The Morgan fingerprint density at radius 2 is 2.24 bits per heavy atom. The molecule has 0 saturated carbocycles. The molecule has 2 N–H and O–H groups in total. The van der Waals surface area contributed by atoms with E-state index in [-0.39, 0.29) is 12.4 Å². The highest BCUT2D eigenvalue weighted by molar-refractivity contribution is 5.23. The van der Waals surface area contributed by atoms with Gasteiger partial charge in [0.15, 0.2) is 11.6 Å². The van der Waals surface area contributed by atoms with Gasteiger partial charge < -0.3 is 15.2 Å². The lowest BCUT2D eigenvalue weighted by Crippen LogP contribution is -2.32. The predicted molar refractivity (Wildman–Crippen MR) is 75.4 cm³/mol. The van der Waals surface area contributed by atoms with Gasteiger partial charge in [0.2, 0.25) is 0 Å². The number of hydrogen-bond acceptors (Lipinski definition) is 5. The molecule has 6 nitrogen and oxygen atoms in total. The molecule has 1 aromatic heterocycles. The third-order valence-corrected chi connectivity index (χ3v) is 2.86. The monoisotopic (exact) mass is 294 g/mol. The van der Waals surface area contributed by atoms with Crippen LogP contribution in [0, 0.1) is 5.82 Å². The summed E-state index contributed by atoms with van der Waals surface area (Å²) >= 11 is 0. The molecule has 0 radical (unpaired) electrons. The van der Waals surface area contributed by atoms with E-state index in [4.69, 9.17) is 4.74 Å². The minimum atomic E-state index is -0.684. The minimum Gasteiger partial charge on any atom is -0.488 e. The lowest BCUT2D eigenvalue weighted by Gasteiger charge is -2.13. The molecule has 2 aromatic rings. The third-order valence-electron chi connectivity index (χ3n) is 2.86. The lowest BCUT2D eigenvalue weighted by molar-refractivity contribution is 0.104. The van der Waals surface area contributed by atoms with Crippen molar-refractivity contribution in [2.75, 3.05) is 19.7 Å². The topological polar surface area (TPSA) is 72.2 Å². The molecule has 0 spiro atoms. The van der Waals surface area contributed by atoms with Crippen LogP contribution in [0.4, 0.5) is 4.39 Å². The Morgan fingerprint density at radius 1 is 1.38 bits per heavy atom. The number of hydrogen-bond donors (Lipinski definition) is 2. The van der Waals surface area contributed by atoms with Gasteiger partial charge in [0.05, 0.1) is 6.20 Å². The van der Waals surface area contributed by atoms with Crippen LogP contribution in [0.3, 0.4) is 0 Å². The fourth-order valence-electron chi connectivity index (χ4n) is 1.79. The van der Waals surface area contributed by atoms with Crippen molar-refractivity contribution >= 4 is 0 Å². The number of nitrogens with one attached hydrogen (secondary N) is 1. The SMILES string of the molecule is OC(CNCCCn1ccnn1)COc1ccccc1F. The highest BCUT2D eigenvalue weighted by Crippen LogP contribution is 2.15. The van der Waals surface area contributed by atoms with Gasteiger partial charge in [-0.1, -0.05) is 17.3 Å². The average Bonchev–Trinajstić information content (AvgIpc) is 2.99. The second kappa shape index (κ2) is 8.33. The van der Waals surface area contributed by atoms with Crippen molar-refractivity contribution in [1.82, 2.24) is 20.3 Å². The number of aliphatic hydroxyl groups is 1. The van der Waals surface area contributed by atoms with E-state index < -0.39 is 11.9 Å². The molecule has 114 valence electrons. The maximum atomic E-state index is 13.3. The number of ether oxygens (including phenoxy) is 1. The lowest BCUT2D eigenvalue weighted by atomic mass is 10.3. The summed E-state index contributed by atoms with van der Waals surface area (Å²) in [7, 11) is 0. The largest absolute Gasteiger partial charge is 0.488 e. The van der Waals surface area contributed by atoms with Crippen molar-refractivity contribution in [1.29, 1.82) is 0 Å². The number of aryl methyl sites for hydroxylation is 1. The Balaban J connectivity index is 1.55. The normalized spacial score (nSPS) is 12.3. The van der Waals surface area contributed by atoms with Crippen LogP contribution < -0.4 is 10.1 Å². The number of benzene rings is 1. The van der Waals surface area contributed by atoms with E-state index in [1.54, 1.807) is 29.2 Å². The molecule has 0 aliphatic rings. The van der Waals surface area contributed by atoms with Crippen molar-refractivity contribution in [3.63, 3.8) is 0 Å². The van der Waals surface area contributed by atoms with Crippen LogP contribution in [-0.2, 0) is 6.54 Å². The van der Waals surface area contributed by atoms with Crippen LogP contribution in [0.25, 0.3) is 0 Å². The van der Waals surface area contributed by atoms with Crippen molar-refractivity contribution in [2.24, 2.45) is 0 Å². The molecular formula is C14H19FN4O2. The van der Waals surface area contributed by atoms with Crippen LogP contribution in [0.1, 0.15) is 6.42 Å². The van der Waals surface area contributed by atoms with Gasteiger partial charge >= 0.3 is 0 Å². The van der Waals surface area contributed by atoms with Crippen LogP contribution in [0.2, 0.25) is 0 Å². The molecule has 0 saturated heterocycles. The first-order valence-electron chi connectivity index (χ1n) is 6.86. The zero-order valence-corrected chi connectivity index (χ0v) is 11.7. The van der Waals surface area contributed by atoms with E-state index in [1.165, 1.54) is 12.1 Å². The van der Waals surface area contributed by atoms with Gasteiger partial charge in [-0.25, -0.2) is 4.39 Å². The Bertz CT molecular complexity index is 521. The van der Waals surface area contributed by atoms with Crippen LogP contribution >= 0.6 is 0 Å². The molecule has 0 fully saturated rings. The number of aromatic nitrogens is 3. The second-order valence-electron chi connectivity index (χ2n) is 4.62. The zero-order valence-electron chi connectivity index (χ0n) is 11.7. The van der Waals surface area contributed by atoms with E-state index in [0.717, 1.165) is 19.5 Å². The van der Waals surface area contributed by atoms with Gasteiger partial charge in [-0.2, -0.15) is 0 Å². The number of aliphatic hydroxyl groups excluding tert-OH is 1. The quantitative estimate of drug-likeness (QED) is 0.671. The molecule has 0 amide bonds. The first kappa shape index (κ1) is 15.4. The fraction of sp³-hybridized carbons (Fsp3) is 0.429. The fourth-order valence-corrected chi connectivity index (χ4v) is 1.79. The van der Waals surface area contributed by atoms with Crippen molar-refractivity contribution in [3.05, 3.63) is 42.5 Å². The summed E-state index contributed by atoms with van der Waals surface area (Å²) in [5.74, 6) is -0.270. The summed E-state index contributed by atoms with van der Waals surface area (Å²) in [5, 5.41) is 20.4. The Kier molecular flexibility index (Phi) is 6.11. The molecule has 0 bridgehead atoms. The highest BCUT2D eigenvalue weighted by Gasteiger charge is 2.07. The number of rotatable bonds is 9. The molecule has 0 aliphatic heterocycles. The summed E-state index contributed by atoms with van der Waals surface area (Å²) in [5.41, 5.74) is 0. The van der Waals surface area contributed by atoms with E-state index in [0.29, 0.717) is 6.54 Å². The van der Waals surface area contributed by atoms with Gasteiger partial charge in [-0.3, -0.25) is 4.68 Å². The van der Waals surface area contributed by atoms with Crippen LogP contribution in [-0.4, -0.2) is 45.9 Å². The molecule has 0 aliphatic carbocycles. The van der Waals surface area contributed by atoms with E-state index in [9.17, 15) is 9.50 Å². The van der Waals surface area contributed by atoms with Crippen LogP contribution in [0.15, 0.2) is 36.7 Å². The molecule has 1 atom stereocenters. The van der Waals surface area contributed by atoms with Gasteiger partial charge in [-0.05, 0) is 25.1 Å². The Hall–Kier alpha value is -1.99. The minimum absolute atomic E-state index is 0.0526. The standard InChI is InChI=1S/C14H19FN4O2/c15-13-4-1-2-5-14(13)21-11-12(20)10-16-6-3-8-19-9-7-17-18-19/h1-2,4-5,7,9,12,16,20H,3,6,8,10-11H2. The molecule has 7 heteroatoms. The van der Waals surface area contributed by atoms with Gasteiger partial charge in [-0.15, -0.1) is 5.10 Å².